The molecule has 96 valence electrons. The maximum Gasteiger partial charge on any atom is 0.324 e. The quantitative estimate of drug-likeness (QED) is 0.676. The van der Waals surface area contributed by atoms with Crippen molar-refractivity contribution in [3.8, 4) is 0 Å². The molecule has 1 fully saturated rings. The molecule has 0 aromatic rings. The fourth-order valence-electron chi connectivity index (χ4n) is 1.51. The van der Waals surface area contributed by atoms with Gasteiger partial charge in [-0.25, -0.2) is 4.79 Å². The van der Waals surface area contributed by atoms with E-state index >= 15 is 0 Å². The highest BCUT2D eigenvalue weighted by Crippen LogP contribution is 2.02. The third kappa shape index (κ3) is 3.89. The monoisotopic (exact) mass is 261 g/mol. The van der Waals surface area contributed by atoms with E-state index in [4.69, 9.17) is 11.6 Å². The predicted molar refractivity (Wildman–Crippen MR) is 62.7 cm³/mol. The molecule has 6 nitrogen and oxygen atoms in total. The summed E-state index contributed by atoms with van der Waals surface area (Å²) >= 11 is 5.54. The number of urea groups is 1. The molecule has 0 aromatic carbocycles. The van der Waals surface area contributed by atoms with Crippen molar-refractivity contribution in [2.24, 2.45) is 0 Å². The van der Waals surface area contributed by atoms with Crippen LogP contribution in [0.15, 0.2) is 0 Å². The normalized spacial score (nSPS) is 17.6. The smallest absolute Gasteiger partial charge is 0.324 e. The largest absolute Gasteiger partial charge is 0.339 e. The van der Waals surface area contributed by atoms with E-state index in [0.717, 1.165) is 0 Å². The molecule has 7 heteroatoms. The molecule has 0 spiro atoms. The standard InChI is InChI=1S/C10H16ClN3O3/c1-7(11)9(16)12-10(17)14-5-3-13(4-6-14)8(2)15/h7H,3-6H2,1-2H3,(H,12,16,17). The van der Waals surface area contributed by atoms with Crippen molar-refractivity contribution < 1.29 is 14.4 Å². The van der Waals surface area contributed by atoms with Gasteiger partial charge in [-0.3, -0.25) is 14.9 Å². The van der Waals surface area contributed by atoms with Crippen LogP contribution in [0.2, 0.25) is 0 Å². The van der Waals surface area contributed by atoms with Crippen LogP contribution in [0.5, 0.6) is 0 Å². The van der Waals surface area contributed by atoms with Crippen molar-refractivity contribution in [2.45, 2.75) is 19.2 Å². The van der Waals surface area contributed by atoms with Crippen LogP contribution in [0.3, 0.4) is 0 Å². The molecule has 17 heavy (non-hydrogen) atoms. The average molecular weight is 262 g/mol. The molecule has 1 rings (SSSR count). The number of piperazine rings is 1. The first-order chi connectivity index (χ1) is 7.91. The Morgan fingerprint density at radius 1 is 1.12 bits per heavy atom. The van der Waals surface area contributed by atoms with E-state index in [1.807, 2.05) is 0 Å². The van der Waals surface area contributed by atoms with Crippen molar-refractivity contribution in [3.63, 3.8) is 0 Å². The Kier molecular flexibility index (Phi) is 4.74. The van der Waals surface area contributed by atoms with Gasteiger partial charge in [-0.05, 0) is 6.92 Å². The number of rotatable bonds is 1. The van der Waals surface area contributed by atoms with Crippen molar-refractivity contribution in [1.82, 2.24) is 15.1 Å². The van der Waals surface area contributed by atoms with Crippen molar-refractivity contribution in [1.29, 1.82) is 0 Å². The van der Waals surface area contributed by atoms with Gasteiger partial charge in [0, 0.05) is 33.1 Å². The molecule has 0 aliphatic carbocycles. The first-order valence-electron chi connectivity index (χ1n) is 5.41. The van der Waals surface area contributed by atoms with Gasteiger partial charge < -0.3 is 9.80 Å². The molecule has 1 aliphatic rings. The molecule has 1 saturated heterocycles. The van der Waals surface area contributed by atoms with Crippen LogP contribution < -0.4 is 5.32 Å². The summed E-state index contributed by atoms with van der Waals surface area (Å²) in [7, 11) is 0. The summed E-state index contributed by atoms with van der Waals surface area (Å²) in [6.45, 7) is 4.83. The molecule has 1 unspecified atom stereocenters. The molecule has 4 amide bonds. The minimum Gasteiger partial charge on any atom is -0.339 e. The maximum atomic E-state index is 11.6. The number of amides is 4. The number of carbonyl (C=O) groups is 3. The highest BCUT2D eigenvalue weighted by molar-refractivity contribution is 6.31. The number of alkyl halides is 1. The molecule has 0 radical (unpaired) electrons. The Bertz CT molecular complexity index is 325. The summed E-state index contributed by atoms with van der Waals surface area (Å²) in [5.74, 6) is -0.513. The molecular weight excluding hydrogens is 246 g/mol. The Labute approximate surface area is 105 Å². The van der Waals surface area contributed by atoms with Crippen LogP contribution in [0.1, 0.15) is 13.8 Å². The van der Waals surface area contributed by atoms with Gasteiger partial charge in [-0.2, -0.15) is 0 Å². The lowest BCUT2D eigenvalue weighted by Gasteiger charge is -2.34. The van der Waals surface area contributed by atoms with E-state index in [-0.39, 0.29) is 5.91 Å². The minimum atomic E-state index is -0.738. The number of carbonyl (C=O) groups excluding carboxylic acids is 3. The van der Waals surface area contributed by atoms with Crippen molar-refractivity contribution in [3.05, 3.63) is 0 Å². The van der Waals surface area contributed by atoms with E-state index in [1.54, 1.807) is 4.90 Å². The molecule has 0 saturated carbocycles. The van der Waals surface area contributed by atoms with Crippen LogP contribution in [0, 0.1) is 0 Å². The minimum absolute atomic E-state index is 0.00415. The van der Waals surface area contributed by atoms with Gasteiger partial charge in [0.15, 0.2) is 0 Å². The lowest BCUT2D eigenvalue weighted by atomic mass is 10.3. The van der Waals surface area contributed by atoms with Gasteiger partial charge in [-0.1, -0.05) is 0 Å². The molecular formula is C10H16ClN3O3. The molecule has 0 bridgehead atoms. The highest BCUT2D eigenvalue weighted by atomic mass is 35.5. The van der Waals surface area contributed by atoms with E-state index in [9.17, 15) is 14.4 Å². The molecule has 1 atom stereocenters. The number of imide groups is 1. The summed E-state index contributed by atoms with van der Waals surface area (Å²) in [5.41, 5.74) is 0. The molecule has 1 heterocycles. The Hall–Kier alpha value is -1.30. The summed E-state index contributed by atoms with van der Waals surface area (Å²) in [4.78, 5) is 37.1. The van der Waals surface area contributed by atoms with E-state index in [0.29, 0.717) is 26.2 Å². The van der Waals surface area contributed by atoms with Gasteiger partial charge in [0.1, 0.15) is 5.38 Å². The number of nitrogens with zero attached hydrogens (tertiary/aromatic N) is 2. The highest BCUT2D eigenvalue weighted by Gasteiger charge is 2.24. The van der Waals surface area contributed by atoms with Gasteiger partial charge in [0.05, 0.1) is 0 Å². The summed E-state index contributed by atoms with van der Waals surface area (Å²) in [6.07, 6.45) is 0. The van der Waals surface area contributed by atoms with Crippen molar-refractivity contribution >= 4 is 29.4 Å². The zero-order valence-electron chi connectivity index (χ0n) is 9.90. The SMILES string of the molecule is CC(=O)N1CCN(C(=O)NC(=O)C(C)Cl)CC1. The third-order valence-corrected chi connectivity index (χ3v) is 2.80. The second-order valence-corrected chi connectivity index (χ2v) is 4.56. The summed E-state index contributed by atoms with van der Waals surface area (Å²) in [6, 6.07) is -0.453. The molecule has 1 aliphatic heterocycles. The van der Waals surface area contributed by atoms with Crippen LogP contribution in [0.4, 0.5) is 4.79 Å². The first-order valence-corrected chi connectivity index (χ1v) is 5.85. The maximum absolute atomic E-state index is 11.6. The lowest BCUT2D eigenvalue weighted by molar-refractivity contribution is -0.130. The first kappa shape index (κ1) is 13.8. The Morgan fingerprint density at radius 2 is 1.59 bits per heavy atom. The summed E-state index contributed by atoms with van der Waals surface area (Å²) in [5, 5.41) is 1.47. The van der Waals surface area contributed by atoms with Gasteiger partial charge in [0.25, 0.3) is 0 Å². The number of nitrogens with one attached hydrogen (secondary N) is 1. The third-order valence-electron chi connectivity index (χ3n) is 2.60. The Balaban J connectivity index is 2.41. The van der Waals surface area contributed by atoms with E-state index in [1.165, 1.54) is 18.7 Å². The van der Waals surface area contributed by atoms with Crippen LogP contribution in [0.25, 0.3) is 0 Å². The zero-order valence-corrected chi connectivity index (χ0v) is 10.7. The van der Waals surface area contributed by atoms with Crippen molar-refractivity contribution in [2.75, 3.05) is 26.2 Å². The van der Waals surface area contributed by atoms with Gasteiger partial charge >= 0.3 is 6.03 Å². The molecule has 1 N–H and O–H groups in total. The van der Waals surface area contributed by atoms with E-state index in [2.05, 4.69) is 5.32 Å². The van der Waals surface area contributed by atoms with E-state index < -0.39 is 17.3 Å². The number of hydrogen-bond acceptors (Lipinski definition) is 3. The number of halogens is 1. The second-order valence-electron chi connectivity index (χ2n) is 3.90. The van der Waals surface area contributed by atoms with Crippen LogP contribution in [-0.2, 0) is 9.59 Å². The predicted octanol–water partition coefficient (Wildman–Crippen LogP) is 0.0140. The zero-order chi connectivity index (χ0) is 13.0. The summed E-state index contributed by atoms with van der Waals surface area (Å²) < 4.78 is 0. The molecule has 0 aromatic heterocycles. The number of hydrogen-bond donors (Lipinski definition) is 1. The van der Waals surface area contributed by atoms with Gasteiger partial charge in [0.2, 0.25) is 11.8 Å². The topological polar surface area (TPSA) is 69.7 Å². The lowest BCUT2D eigenvalue weighted by Crippen LogP contribution is -2.54. The van der Waals surface area contributed by atoms with Crippen LogP contribution in [-0.4, -0.2) is 59.2 Å². The van der Waals surface area contributed by atoms with Crippen LogP contribution >= 0.6 is 11.6 Å². The Morgan fingerprint density at radius 3 is 2.00 bits per heavy atom. The van der Waals surface area contributed by atoms with Gasteiger partial charge in [-0.15, -0.1) is 11.6 Å². The fourth-order valence-corrected chi connectivity index (χ4v) is 1.56. The fraction of sp³-hybridized carbons (Fsp3) is 0.700. The average Bonchev–Trinajstić information content (AvgIpc) is 2.28. The second kappa shape index (κ2) is 5.86.